The Hall–Kier alpha value is -3.56. The minimum Gasteiger partial charge on any atom is -0.479 e. The molecule has 0 aromatic heterocycles. The number of carbonyl (C=O) groups excluding carboxylic acids is 2. The number of hydrogen-bond acceptors (Lipinski definition) is 4. The zero-order valence-corrected chi connectivity index (χ0v) is 17.3. The van der Waals surface area contributed by atoms with Crippen LogP contribution in [0, 0.1) is 11.8 Å². The fraction of sp³-hybridized carbons (Fsp3) is 0.348. The van der Waals surface area contributed by atoms with Gasteiger partial charge in [-0.3, -0.25) is 4.79 Å². The summed E-state index contributed by atoms with van der Waals surface area (Å²) < 4.78 is 43.5. The third-order valence-corrected chi connectivity index (χ3v) is 5.97. The largest absolute Gasteiger partial charge is 0.479 e. The first-order chi connectivity index (χ1) is 15.7. The van der Waals surface area contributed by atoms with Crippen LogP contribution in [0.4, 0.5) is 18.0 Å². The van der Waals surface area contributed by atoms with Crippen LogP contribution < -0.4 is 10.6 Å². The zero-order chi connectivity index (χ0) is 23.8. The number of alkyl halides is 3. The smallest absolute Gasteiger partial charge is 0.419 e. The summed E-state index contributed by atoms with van der Waals surface area (Å²) in [6.45, 7) is 0.152. The van der Waals surface area contributed by atoms with E-state index in [1.54, 1.807) is 0 Å². The average molecular weight is 462 g/mol. The number of carboxylic acids is 1. The van der Waals surface area contributed by atoms with Crippen molar-refractivity contribution in [1.82, 2.24) is 10.6 Å². The predicted molar refractivity (Wildman–Crippen MR) is 110 cm³/mol. The standard InChI is InChI=1S/C23H21F3N2O5/c24-23(25,26)19(21(30)31)28-20(29)17-9-12(17)10-27-22(32)33-11-18-15-7-3-1-5-13(15)14-6-2-4-8-16(14)18/h1-8,12,17-19H,9-11H2,(H,27,32)(H,28,29)(H,30,31). The third kappa shape index (κ3) is 4.79. The van der Waals surface area contributed by atoms with Gasteiger partial charge < -0.3 is 20.5 Å². The van der Waals surface area contributed by atoms with E-state index in [0.717, 1.165) is 22.3 Å². The Morgan fingerprint density at radius 2 is 1.61 bits per heavy atom. The molecule has 0 radical (unpaired) electrons. The minimum absolute atomic E-state index is 0.0402. The van der Waals surface area contributed by atoms with Gasteiger partial charge in [-0.1, -0.05) is 48.5 Å². The number of carboxylic acid groups (broad SMARTS) is 1. The summed E-state index contributed by atoms with van der Waals surface area (Å²) in [5.74, 6) is -4.46. The maximum absolute atomic E-state index is 12.7. The Labute approximate surface area is 186 Å². The molecule has 10 heteroatoms. The van der Waals surface area contributed by atoms with Crippen LogP contribution in [0.15, 0.2) is 48.5 Å². The number of nitrogens with one attached hydrogen (secondary N) is 2. The lowest BCUT2D eigenvalue weighted by molar-refractivity contribution is -0.182. The number of rotatable bonds is 7. The summed E-state index contributed by atoms with van der Waals surface area (Å²) in [4.78, 5) is 34.9. The van der Waals surface area contributed by atoms with Gasteiger partial charge in [-0.15, -0.1) is 0 Å². The second kappa shape index (κ2) is 8.76. The molecular formula is C23H21F3N2O5. The SMILES string of the molecule is O=C(NCC1CC1C(=O)NC(C(=O)O)C(F)(F)F)OCC1c2ccccc2-c2ccccc21. The topological polar surface area (TPSA) is 105 Å². The highest BCUT2D eigenvalue weighted by Gasteiger charge is 2.50. The van der Waals surface area contributed by atoms with Crippen molar-refractivity contribution in [3.05, 3.63) is 59.7 Å². The maximum atomic E-state index is 12.7. The third-order valence-electron chi connectivity index (χ3n) is 5.97. The first kappa shape index (κ1) is 22.6. The Bertz CT molecular complexity index is 1040. The molecule has 0 bridgehead atoms. The van der Waals surface area contributed by atoms with E-state index >= 15 is 0 Å². The Balaban J connectivity index is 1.26. The summed E-state index contributed by atoms with van der Waals surface area (Å²) in [5.41, 5.74) is 4.30. The number of fused-ring (bicyclic) bond motifs is 3. The molecule has 0 saturated heterocycles. The number of hydrogen-bond donors (Lipinski definition) is 3. The molecule has 1 saturated carbocycles. The van der Waals surface area contributed by atoms with E-state index in [2.05, 4.69) is 5.32 Å². The van der Waals surface area contributed by atoms with Gasteiger partial charge in [0.15, 0.2) is 0 Å². The molecule has 2 aliphatic carbocycles. The van der Waals surface area contributed by atoms with Crippen LogP contribution >= 0.6 is 0 Å². The molecule has 0 heterocycles. The molecule has 2 aromatic carbocycles. The molecule has 2 aliphatic rings. The highest BCUT2D eigenvalue weighted by molar-refractivity contribution is 5.87. The molecule has 1 fully saturated rings. The second-order valence-corrected chi connectivity index (χ2v) is 8.13. The summed E-state index contributed by atoms with van der Waals surface area (Å²) in [5, 5.41) is 12.7. The Kier molecular flexibility index (Phi) is 6.01. The van der Waals surface area contributed by atoms with Gasteiger partial charge in [0, 0.05) is 18.4 Å². The van der Waals surface area contributed by atoms with Crippen molar-refractivity contribution >= 4 is 18.0 Å². The van der Waals surface area contributed by atoms with Gasteiger partial charge in [0.25, 0.3) is 0 Å². The van der Waals surface area contributed by atoms with Gasteiger partial charge in [0.05, 0.1) is 0 Å². The van der Waals surface area contributed by atoms with Crippen molar-refractivity contribution in [2.75, 3.05) is 13.2 Å². The number of amides is 2. The van der Waals surface area contributed by atoms with Gasteiger partial charge in [-0.05, 0) is 34.6 Å². The molecule has 3 atom stereocenters. The van der Waals surface area contributed by atoms with E-state index in [-0.39, 0.29) is 31.4 Å². The quantitative estimate of drug-likeness (QED) is 0.586. The molecule has 33 heavy (non-hydrogen) atoms. The first-order valence-corrected chi connectivity index (χ1v) is 10.4. The van der Waals surface area contributed by atoms with Crippen molar-refractivity contribution in [2.45, 2.75) is 24.6 Å². The van der Waals surface area contributed by atoms with E-state index < -0.39 is 36.1 Å². The molecule has 3 unspecified atom stereocenters. The van der Waals surface area contributed by atoms with Gasteiger partial charge >= 0.3 is 18.2 Å². The summed E-state index contributed by atoms with van der Waals surface area (Å²) in [6.07, 6.45) is -5.54. The van der Waals surface area contributed by atoms with Gasteiger partial charge in [0.2, 0.25) is 11.9 Å². The summed E-state index contributed by atoms with van der Waals surface area (Å²) in [6, 6.07) is 12.8. The Morgan fingerprint density at radius 3 is 2.15 bits per heavy atom. The fourth-order valence-electron chi connectivity index (χ4n) is 4.19. The van der Waals surface area contributed by atoms with E-state index in [9.17, 15) is 27.6 Å². The number of benzene rings is 2. The van der Waals surface area contributed by atoms with Crippen LogP contribution in [-0.4, -0.2) is 48.4 Å². The molecule has 4 rings (SSSR count). The van der Waals surface area contributed by atoms with Gasteiger partial charge in [-0.25, -0.2) is 9.59 Å². The molecule has 174 valence electrons. The van der Waals surface area contributed by atoms with Crippen molar-refractivity contribution in [2.24, 2.45) is 11.8 Å². The molecular weight excluding hydrogens is 441 g/mol. The number of carbonyl (C=O) groups is 3. The van der Waals surface area contributed by atoms with E-state index in [1.807, 2.05) is 48.5 Å². The number of aliphatic carboxylic acids is 1. The number of ether oxygens (including phenoxy) is 1. The number of alkyl carbamates (subject to hydrolysis) is 1. The summed E-state index contributed by atoms with van der Waals surface area (Å²) >= 11 is 0. The molecule has 0 aliphatic heterocycles. The van der Waals surface area contributed by atoms with E-state index in [1.165, 1.54) is 5.32 Å². The average Bonchev–Trinajstić information content (AvgIpc) is 3.48. The van der Waals surface area contributed by atoms with Crippen molar-refractivity contribution in [3.8, 4) is 11.1 Å². The van der Waals surface area contributed by atoms with Gasteiger partial charge in [-0.2, -0.15) is 13.2 Å². The van der Waals surface area contributed by atoms with Crippen LogP contribution in [0.5, 0.6) is 0 Å². The van der Waals surface area contributed by atoms with Crippen LogP contribution in [-0.2, 0) is 14.3 Å². The fourth-order valence-corrected chi connectivity index (χ4v) is 4.19. The van der Waals surface area contributed by atoms with Gasteiger partial charge in [0.1, 0.15) is 6.61 Å². The lowest BCUT2D eigenvalue weighted by Crippen LogP contribution is -2.51. The van der Waals surface area contributed by atoms with Crippen LogP contribution in [0.3, 0.4) is 0 Å². The zero-order valence-electron chi connectivity index (χ0n) is 17.3. The van der Waals surface area contributed by atoms with E-state index in [0.29, 0.717) is 0 Å². The predicted octanol–water partition coefficient (Wildman–Crippen LogP) is 3.29. The summed E-state index contributed by atoms with van der Waals surface area (Å²) in [7, 11) is 0. The maximum Gasteiger partial charge on any atom is 0.419 e. The second-order valence-electron chi connectivity index (χ2n) is 8.13. The van der Waals surface area contributed by atoms with Crippen molar-refractivity contribution in [1.29, 1.82) is 0 Å². The van der Waals surface area contributed by atoms with Crippen LogP contribution in [0.25, 0.3) is 11.1 Å². The van der Waals surface area contributed by atoms with E-state index in [4.69, 9.17) is 9.84 Å². The molecule has 2 aromatic rings. The molecule has 2 amide bonds. The lowest BCUT2D eigenvalue weighted by Gasteiger charge is -2.17. The lowest BCUT2D eigenvalue weighted by atomic mass is 9.98. The molecule has 7 nitrogen and oxygen atoms in total. The first-order valence-electron chi connectivity index (χ1n) is 10.4. The highest BCUT2D eigenvalue weighted by atomic mass is 19.4. The van der Waals surface area contributed by atoms with Crippen LogP contribution in [0.2, 0.25) is 0 Å². The molecule has 0 spiro atoms. The van der Waals surface area contributed by atoms with Crippen molar-refractivity contribution < 1.29 is 37.4 Å². The normalized spacial score (nSPS) is 19.7. The highest BCUT2D eigenvalue weighted by Crippen LogP contribution is 2.44. The molecule has 3 N–H and O–H groups in total. The minimum atomic E-state index is -5.09. The Morgan fingerprint density at radius 1 is 1.03 bits per heavy atom. The van der Waals surface area contributed by atoms with Crippen molar-refractivity contribution in [3.63, 3.8) is 0 Å². The van der Waals surface area contributed by atoms with Crippen LogP contribution in [0.1, 0.15) is 23.5 Å². The number of halogens is 3. The monoisotopic (exact) mass is 462 g/mol.